The Morgan fingerprint density at radius 3 is 2.21 bits per heavy atom. The van der Waals surface area contributed by atoms with Crippen molar-refractivity contribution in [3.63, 3.8) is 0 Å². The fourth-order valence-corrected chi connectivity index (χ4v) is 4.03. The van der Waals surface area contributed by atoms with Crippen molar-refractivity contribution in [3.8, 4) is 11.5 Å². The summed E-state index contributed by atoms with van der Waals surface area (Å²) in [7, 11) is 0. The number of alkyl halides is 2. The lowest BCUT2D eigenvalue weighted by atomic mass is 10.2. The zero-order chi connectivity index (χ0) is 23.6. The van der Waals surface area contributed by atoms with Crippen LogP contribution in [0.15, 0.2) is 42.7 Å². The number of aromatic nitrogens is 2. The number of hydrogen-bond acceptors (Lipinski definition) is 8. The minimum absolute atomic E-state index is 0.400. The predicted octanol–water partition coefficient (Wildman–Crippen LogP) is 4.46. The lowest BCUT2D eigenvalue weighted by Crippen LogP contribution is -2.27. The SMILES string of the molecule is ClCCN(CCCl)c1cccc(Nc2ncnc3cc4c(cc23)OCCOCCOCCO4)c1. The van der Waals surface area contributed by atoms with Crippen molar-refractivity contribution < 1.29 is 18.9 Å². The Morgan fingerprint density at radius 2 is 1.50 bits per heavy atom. The maximum absolute atomic E-state index is 5.98. The normalized spacial score (nSPS) is 14.8. The quantitative estimate of drug-likeness (QED) is 0.470. The molecule has 1 N–H and O–H groups in total. The third-order valence-corrected chi connectivity index (χ3v) is 5.56. The third kappa shape index (κ3) is 6.54. The van der Waals surface area contributed by atoms with E-state index >= 15 is 0 Å². The fourth-order valence-electron chi connectivity index (χ4n) is 3.62. The summed E-state index contributed by atoms with van der Waals surface area (Å²) < 4.78 is 22.9. The Morgan fingerprint density at radius 1 is 0.824 bits per heavy atom. The van der Waals surface area contributed by atoms with Crippen molar-refractivity contribution in [1.82, 2.24) is 9.97 Å². The highest BCUT2D eigenvalue weighted by Gasteiger charge is 2.14. The second-order valence-corrected chi connectivity index (χ2v) is 8.26. The van der Waals surface area contributed by atoms with Crippen molar-refractivity contribution in [1.29, 1.82) is 0 Å². The summed E-state index contributed by atoms with van der Waals surface area (Å²) in [5, 5.41) is 4.23. The number of halogens is 2. The summed E-state index contributed by atoms with van der Waals surface area (Å²) >= 11 is 12.0. The molecule has 3 aromatic rings. The van der Waals surface area contributed by atoms with Gasteiger partial charge in [-0.3, -0.25) is 0 Å². The first-order chi connectivity index (χ1) is 16.8. The minimum atomic E-state index is 0.400. The van der Waals surface area contributed by atoms with Crippen LogP contribution in [-0.2, 0) is 9.47 Å². The highest BCUT2D eigenvalue weighted by Crippen LogP contribution is 2.35. The number of benzene rings is 2. The molecule has 0 fully saturated rings. The van der Waals surface area contributed by atoms with Crippen LogP contribution >= 0.6 is 23.2 Å². The average Bonchev–Trinajstić information content (AvgIpc) is 2.84. The molecule has 4 rings (SSSR count). The van der Waals surface area contributed by atoms with Crippen molar-refractivity contribution in [2.75, 3.05) is 74.7 Å². The van der Waals surface area contributed by atoms with Gasteiger partial charge in [0.2, 0.25) is 0 Å². The highest BCUT2D eigenvalue weighted by molar-refractivity contribution is 6.18. The first-order valence-corrected chi connectivity index (χ1v) is 12.3. The zero-order valence-electron chi connectivity index (χ0n) is 18.8. The summed E-state index contributed by atoms with van der Waals surface area (Å²) in [6.45, 7) is 4.24. The molecule has 2 aromatic carbocycles. The molecule has 182 valence electrons. The molecule has 10 heteroatoms. The van der Waals surface area contributed by atoms with Crippen LogP contribution in [0.5, 0.6) is 11.5 Å². The van der Waals surface area contributed by atoms with Crippen LogP contribution in [0.2, 0.25) is 0 Å². The molecule has 0 bridgehead atoms. The largest absolute Gasteiger partial charge is 0.487 e. The maximum atomic E-state index is 5.98. The molecule has 1 aromatic heterocycles. The van der Waals surface area contributed by atoms with Gasteiger partial charge in [-0.2, -0.15) is 0 Å². The molecule has 0 unspecified atom stereocenters. The molecule has 0 saturated heterocycles. The summed E-state index contributed by atoms with van der Waals surface area (Å²) in [4.78, 5) is 11.1. The van der Waals surface area contributed by atoms with Gasteiger partial charge in [0.05, 0.1) is 31.9 Å². The second kappa shape index (κ2) is 12.8. The van der Waals surface area contributed by atoms with E-state index in [-0.39, 0.29) is 0 Å². The molecule has 0 aliphatic carbocycles. The number of hydrogen-bond donors (Lipinski definition) is 1. The van der Waals surface area contributed by atoms with Crippen LogP contribution in [0.4, 0.5) is 17.2 Å². The number of anilines is 3. The molecular formula is C24H28Cl2N4O4. The molecule has 2 heterocycles. The van der Waals surface area contributed by atoms with Gasteiger partial charge in [0.25, 0.3) is 0 Å². The third-order valence-electron chi connectivity index (χ3n) is 5.23. The lowest BCUT2D eigenvalue weighted by Gasteiger charge is -2.23. The molecule has 0 saturated carbocycles. The van der Waals surface area contributed by atoms with Crippen molar-refractivity contribution in [3.05, 3.63) is 42.7 Å². The van der Waals surface area contributed by atoms with Crippen LogP contribution in [0.25, 0.3) is 10.9 Å². The maximum Gasteiger partial charge on any atom is 0.163 e. The van der Waals surface area contributed by atoms with Crippen LogP contribution < -0.4 is 19.7 Å². The Bertz CT molecular complexity index is 1070. The second-order valence-electron chi connectivity index (χ2n) is 7.50. The van der Waals surface area contributed by atoms with Crippen molar-refractivity contribution in [2.24, 2.45) is 0 Å². The number of rotatable bonds is 7. The van der Waals surface area contributed by atoms with Gasteiger partial charge < -0.3 is 29.2 Å². The van der Waals surface area contributed by atoms with Gasteiger partial charge in [0.15, 0.2) is 11.5 Å². The monoisotopic (exact) mass is 506 g/mol. The fraction of sp³-hybridized carbons (Fsp3) is 0.417. The summed E-state index contributed by atoms with van der Waals surface area (Å²) in [5.74, 6) is 2.94. The van der Waals surface area contributed by atoms with E-state index in [4.69, 9.17) is 42.1 Å². The molecular weight excluding hydrogens is 479 g/mol. The van der Waals surface area contributed by atoms with E-state index in [9.17, 15) is 0 Å². The Balaban J connectivity index is 1.62. The number of nitrogens with one attached hydrogen (secondary N) is 1. The van der Waals surface area contributed by atoms with Crippen LogP contribution in [-0.4, -0.2) is 74.5 Å². The van der Waals surface area contributed by atoms with E-state index in [0.29, 0.717) is 81.8 Å². The van der Waals surface area contributed by atoms with Crippen LogP contribution in [0.1, 0.15) is 0 Å². The van der Waals surface area contributed by atoms with E-state index in [1.54, 1.807) is 0 Å². The van der Waals surface area contributed by atoms with Crippen molar-refractivity contribution in [2.45, 2.75) is 0 Å². The van der Waals surface area contributed by atoms with Crippen LogP contribution in [0.3, 0.4) is 0 Å². The van der Waals surface area contributed by atoms with Gasteiger partial charge in [-0.05, 0) is 24.3 Å². The van der Waals surface area contributed by atoms with E-state index in [1.165, 1.54) is 6.33 Å². The van der Waals surface area contributed by atoms with Gasteiger partial charge in [-0.15, -0.1) is 23.2 Å². The van der Waals surface area contributed by atoms with Gasteiger partial charge in [-0.25, -0.2) is 9.97 Å². The summed E-state index contributed by atoms with van der Waals surface area (Å²) in [6, 6.07) is 11.8. The van der Waals surface area contributed by atoms with Gasteiger partial charge in [0, 0.05) is 47.7 Å². The van der Waals surface area contributed by atoms with Crippen molar-refractivity contribution >= 4 is 51.3 Å². The van der Waals surface area contributed by atoms with Gasteiger partial charge in [0.1, 0.15) is 25.4 Å². The summed E-state index contributed by atoms with van der Waals surface area (Å²) in [5.41, 5.74) is 2.67. The predicted molar refractivity (Wildman–Crippen MR) is 136 cm³/mol. The highest BCUT2D eigenvalue weighted by atomic mass is 35.5. The first kappa shape index (κ1) is 24.6. The Hall–Kier alpha value is -2.52. The molecule has 1 aliphatic heterocycles. The molecule has 34 heavy (non-hydrogen) atoms. The topological polar surface area (TPSA) is 78.0 Å². The molecule has 0 radical (unpaired) electrons. The Kier molecular flexibility index (Phi) is 9.27. The summed E-state index contributed by atoms with van der Waals surface area (Å²) in [6.07, 6.45) is 1.53. The molecule has 0 amide bonds. The van der Waals surface area contributed by atoms with E-state index in [0.717, 1.165) is 22.3 Å². The standard InChI is InChI=1S/C24H28Cl2N4O4/c25-4-6-30(7-5-26)19-3-1-2-18(14-19)29-24-20-15-22-23(16-21(20)27-17-28-24)34-13-11-32-9-8-31-10-12-33-22/h1-3,14-17H,4-13H2,(H,27,28,29). The van der Waals surface area contributed by atoms with E-state index in [1.807, 2.05) is 30.3 Å². The number of fused-ring (bicyclic) bond motifs is 2. The lowest BCUT2D eigenvalue weighted by molar-refractivity contribution is 0.0224. The Labute approximate surface area is 209 Å². The average molecular weight is 507 g/mol. The van der Waals surface area contributed by atoms with Gasteiger partial charge >= 0.3 is 0 Å². The zero-order valence-corrected chi connectivity index (χ0v) is 20.4. The van der Waals surface area contributed by atoms with E-state index in [2.05, 4.69) is 26.3 Å². The molecule has 0 spiro atoms. The number of ether oxygens (including phenoxy) is 4. The van der Waals surface area contributed by atoms with Gasteiger partial charge in [-0.1, -0.05) is 6.07 Å². The van der Waals surface area contributed by atoms with Crippen LogP contribution in [0, 0.1) is 0 Å². The first-order valence-electron chi connectivity index (χ1n) is 11.2. The molecule has 0 atom stereocenters. The number of nitrogens with zero attached hydrogens (tertiary/aromatic N) is 3. The molecule has 1 aliphatic rings. The minimum Gasteiger partial charge on any atom is -0.487 e. The molecule has 8 nitrogen and oxygen atoms in total. The van der Waals surface area contributed by atoms with E-state index < -0.39 is 0 Å². The smallest absolute Gasteiger partial charge is 0.163 e.